The van der Waals surface area contributed by atoms with Crippen molar-refractivity contribution in [2.24, 2.45) is 0 Å². The maximum Gasteiger partial charge on any atom is 0.276 e. The highest BCUT2D eigenvalue weighted by Crippen LogP contribution is 2.44. The highest BCUT2D eigenvalue weighted by atomic mass is 19.3. The molecule has 15 heavy (non-hydrogen) atoms. The van der Waals surface area contributed by atoms with Gasteiger partial charge in [-0.1, -0.05) is 0 Å². The number of aromatic nitrogens is 2. The van der Waals surface area contributed by atoms with Gasteiger partial charge < -0.3 is 9.47 Å². The zero-order valence-corrected chi connectivity index (χ0v) is 7.90. The molecule has 1 atom stereocenters. The van der Waals surface area contributed by atoms with Gasteiger partial charge in [0, 0.05) is 12.5 Å². The summed E-state index contributed by atoms with van der Waals surface area (Å²) in [4.78, 5) is 0. The topological polar surface area (TPSA) is 44.2 Å². The normalized spacial score (nSPS) is 22.4. The van der Waals surface area contributed by atoms with E-state index in [1.165, 1.54) is 12.4 Å². The van der Waals surface area contributed by atoms with Gasteiger partial charge in [0.05, 0.1) is 19.0 Å². The molecular weight excluding hydrogens is 206 g/mol. The van der Waals surface area contributed by atoms with E-state index in [9.17, 15) is 8.78 Å². The summed E-state index contributed by atoms with van der Waals surface area (Å²) in [7, 11) is 0. The van der Waals surface area contributed by atoms with Gasteiger partial charge in [-0.25, -0.2) is 8.78 Å². The SMILES string of the molecule is FC1(F)CC1OCCOc1ccnnc1. The first-order chi connectivity index (χ1) is 7.18. The molecule has 0 N–H and O–H groups in total. The number of halogens is 2. The second-order valence-electron chi connectivity index (χ2n) is 3.25. The van der Waals surface area contributed by atoms with Crippen molar-refractivity contribution < 1.29 is 18.3 Å². The molecule has 0 saturated heterocycles. The van der Waals surface area contributed by atoms with Crippen molar-refractivity contribution in [2.45, 2.75) is 18.4 Å². The fraction of sp³-hybridized carbons (Fsp3) is 0.556. The molecule has 0 aliphatic heterocycles. The Bertz CT molecular complexity index is 321. The van der Waals surface area contributed by atoms with Gasteiger partial charge in [0.1, 0.15) is 18.5 Å². The minimum absolute atomic E-state index is 0.155. The van der Waals surface area contributed by atoms with Crippen LogP contribution in [-0.4, -0.2) is 35.4 Å². The molecular formula is C9H10F2N2O2. The first-order valence-electron chi connectivity index (χ1n) is 4.57. The zero-order valence-electron chi connectivity index (χ0n) is 7.90. The van der Waals surface area contributed by atoms with Crippen LogP contribution >= 0.6 is 0 Å². The van der Waals surface area contributed by atoms with Crippen LogP contribution in [-0.2, 0) is 4.74 Å². The third-order valence-corrected chi connectivity index (χ3v) is 2.00. The lowest BCUT2D eigenvalue weighted by molar-refractivity contribution is 0.00414. The largest absolute Gasteiger partial charge is 0.489 e. The Morgan fingerprint density at radius 2 is 2.20 bits per heavy atom. The van der Waals surface area contributed by atoms with Crippen LogP contribution in [0.4, 0.5) is 8.78 Å². The van der Waals surface area contributed by atoms with Crippen LogP contribution in [0.3, 0.4) is 0 Å². The third-order valence-electron chi connectivity index (χ3n) is 2.00. The number of ether oxygens (including phenoxy) is 2. The monoisotopic (exact) mass is 216 g/mol. The Hall–Kier alpha value is -1.30. The standard InChI is InChI=1S/C9H10F2N2O2/c10-9(11)5-8(9)15-4-3-14-7-1-2-12-13-6-7/h1-2,6,8H,3-5H2. The van der Waals surface area contributed by atoms with E-state index in [0.717, 1.165) is 0 Å². The Morgan fingerprint density at radius 3 is 2.80 bits per heavy atom. The number of hydrogen-bond acceptors (Lipinski definition) is 4. The Balaban J connectivity index is 1.60. The third kappa shape index (κ3) is 2.82. The van der Waals surface area contributed by atoms with Crippen molar-refractivity contribution in [1.29, 1.82) is 0 Å². The van der Waals surface area contributed by atoms with Gasteiger partial charge in [-0.2, -0.15) is 10.2 Å². The molecule has 0 aromatic carbocycles. The molecule has 1 saturated carbocycles. The van der Waals surface area contributed by atoms with Crippen molar-refractivity contribution in [3.63, 3.8) is 0 Å². The second kappa shape index (κ2) is 4.06. The van der Waals surface area contributed by atoms with Crippen molar-refractivity contribution in [1.82, 2.24) is 10.2 Å². The molecule has 1 unspecified atom stereocenters. The summed E-state index contributed by atoms with van der Waals surface area (Å²) in [5, 5.41) is 7.17. The number of alkyl halides is 2. The lowest BCUT2D eigenvalue weighted by Gasteiger charge is -2.05. The van der Waals surface area contributed by atoms with E-state index >= 15 is 0 Å². The number of hydrogen-bond donors (Lipinski definition) is 0. The van der Waals surface area contributed by atoms with E-state index in [0.29, 0.717) is 5.75 Å². The molecule has 1 aromatic rings. The first kappa shape index (κ1) is 10.2. The molecule has 0 amide bonds. The van der Waals surface area contributed by atoms with Gasteiger partial charge in [0.15, 0.2) is 0 Å². The zero-order chi connectivity index (χ0) is 10.7. The molecule has 4 nitrogen and oxygen atoms in total. The van der Waals surface area contributed by atoms with E-state index in [4.69, 9.17) is 9.47 Å². The Morgan fingerprint density at radius 1 is 1.40 bits per heavy atom. The predicted molar refractivity (Wildman–Crippen MR) is 46.8 cm³/mol. The molecule has 2 rings (SSSR count). The molecule has 1 fully saturated rings. The summed E-state index contributed by atoms with van der Waals surface area (Å²) in [6, 6.07) is 1.64. The molecule has 1 aliphatic carbocycles. The summed E-state index contributed by atoms with van der Waals surface area (Å²) in [5.41, 5.74) is 0. The van der Waals surface area contributed by atoms with Crippen molar-refractivity contribution in [3.8, 4) is 5.75 Å². The first-order valence-corrected chi connectivity index (χ1v) is 4.57. The number of nitrogens with zero attached hydrogens (tertiary/aromatic N) is 2. The summed E-state index contributed by atoms with van der Waals surface area (Å²) < 4.78 is 34.8. The molecule has 0 spiro atoms. The molecule has 0 bridgehead atoms. The van der Waals surface area contributed by atoms with Crippen LogP contribution < -0.4 is 4.74 Å². The summed E-state index contributed by atoms with van der Waals surface area (Å²) in [5.74, 6) is -2.07. The van der Waals surface area contributed by atoms with E-state index in [1.807, 2.05) is 0 Å². The van der Waals surface area contributed by atoms with Gasteiger partial charge in [-0.15, -0.1) is 0 Å². The smallest absolute Gasteiger partial charge is 0.276 e. The molecule has 1 aromatic heterocycles. The van der Waals surface area contributed by atoms with Crippen LogP contribution in [0.2, 0.25) is 0 Å². The van der Waals surface area contributed by atoms with Crippen molar-refractivity contribution >= 4 is 0 Å². The lowest BCUT2D eigenvalue weighted by atomic mass is 10.5. The molecule has 1 heterocycles. The lowest BCUT2D eigenvalue weighted by Crippen LogP contribution is -2.11. The second-order valence-corrected chi connectivity index (χ2v) is 3.25. The van der Waals surface area contributed by atoms with Crippen molar-refractivity contribution in [2.75, 3.05) is 13.2 Å². The quantitative estimate of drug-likeness (QED) is 0.695. The molecule has 1 aliphatic rings. The number of rotatable bonds is 5. The van der Waals surface area contributed by atoms with Crippen LogP contribution in [0.15, 0.2) is 18.5 Å². The van der Waals surface area contributed by atoms with E-state index in [-0.39, 0.29) is 19.6 Å². The van der Waals surface area contributed by atoms with Gasteiger partial charge >= 0.3 is 0 Å². The average molecular weight is 216 g/mol. The maximum atomic E-state index is 12.4. The summed E-state index contributed by atoms with van der Waals surface area (Å²) in [6.07, 6.45) is 1.84. The van der Waals surface area contributed by atoms with E-state index in [2.05, 4.69) is 10.2 Å². The molecule has 82 valence electrons. The predicted octanol–water partition coefficient (Wildman–Crippen LogP) is 1.28. The van der Waals surface area contributed by atoms with Crippen LogP contribution in [0.25, 0.3) is 0 Å². The maximum absolute atomic E-state index is 12.4. The minimum atomic E-state index is -2.63. The Kier molecular flexibility index (Phi) is 2.77. The van der Waals surface area contributed by atoms with E-state index in [1.54, 1.807) is 6.07 Å². The van der Waals surface area contributed by atoms with Gasteiger partial charge in [0.2, 0.25) is 0 Å². The minimum Gasteiger partial charge on any atom is -0.489 e. The molecule has 0 radical (unpaired) electrons. The Labute approximate surface area is 85.2 Å². The molecule has 6 heteroatoms. The highest BCUT2D eigenvalue weighted by Gasteiger charge is 2.58. The van der Waals surface area contributed by atoms with E-state index < -0.39 is 12.0 Å². The van der Waals surface area contributed by atoms with Gasteiger partial charge in [0.25, 0.3) is 5.92 Å². The van der Waals surface area contributed by atoms with Crippen LogP contribution in [0.5, 0.6) is 5.75 Å². The fourth-order valence-electron chi connectivity index (χ4n) is 1.08. The highest BCUT2D eigenvalue weighted by molar-refractivity contribution is 5.12. The fourth-order valence-corrected chi connectivity index (χ4v) is 1.08. The van der Waals surface area contributed by atoms with Crippen LogP contribution in [0.1, 0.15) is 6.42 Å². The summed E-state index contributed by atoms with van der Waals surface area (Å²) in [6.45, 7) is 0.390. The average Bonchev–Trinajstić information content (AvgIpc) is 2.83. The van der Waals surface area contributed by atoms with Crippen LogP contribution in [0, 0.1) is 0 Å². The van der Waals surface area contributed by atoms with Crippen molar-refractivity contribution in [3.05, 3.63) is 18.5 Å². The van der Waals surface area contributed by atoms with Gasteiger partial charge in [-0.3, -0.25) is 0 Å². The summed E-state index contributed by atoms with van der Waals surface area (Å²) >= 11 is 0. The van der Waals surface area contributed by atoms with Gasteiger partial charge in [-0.05, 0) is 0 Å².